The summed E-state index contributed by atoms with van der Waals surface area (Å²) >= 11 is 0. The Balaban J connectivity index is 1.22. The molecule has 1 saturated heterocycles. The third kappa shape index (κ3) is 4.65. The molecule has 0 spiro atoms. The molecular formula is C34H41N7O3. The van der Waals surface area contributed by atoms with E-state index in [0.29, 0.717) is 42.2 Å². The third-order valence-corrected chi connectivity index (χ3v) is 10.6. The highest BCUT2D eigenvalue weighted by molar-refractivity contribution is 6.00. The van der Waals surface area contributed by atoms with Crippen molar-refractivity contribution < 1.29 is 14.3 Å². The Labute approximate surface area is 256 Å². The van der Waals surface area contributed by atoms with Crippen molar-refractivity contribution in [3.8, 4) is 17.3 Å². The van der Waals surface area contributed by atoms with Crippen LogP contribution < -0.4 is 15.8 Å². The van der Waals surface area contributed by atoms with Crippen molar-refractivity contribution in [1.29, 1.82) is 0 Å². The molecule has 2 amide bonds. The zero-order chi connectivity index (χ0) is 30.3. The van der Waals surface area contributed by atoms with Crippen LogP contribution in [-0.4, -0.2) is 62.1 Å². The quantitative estimate of drug-likeness (QED) is 0.362. The minimum Gasteiger partial charge on any atom is -0.494 e. The molecule has 5 heterocycles. The van der Waals surface area contributed by atoms with Gasteiger partial charge in [-0.15, -0.1) is 0 Å². The highest BCUT2D eigenvalue weighted by Gasteiger charge is 2.45. The monoisotopic (exact) mass is 595 g/mol. The maximum Gasteiger partial charge on any atom is 0.254 e. The summed E-state index contributed by atoms with van der Waals surface area (Å²) in [6, 6.07) is 9.88. The molecule has 0 unspecified atom stereocenters. The molecule has 10 nitrogen and oxygen atoms in total. The molecule has 1 aromatic carbocycles. The Morgan fingerprint density at radius 2 is 1.89 bits per heavy atom. The van der Waals surface area contributed by atoms with E-state index in [9.17, 15) is 9.59 Å². The number of carbonyl (C=O) groups excluding carboxylic acids is 2. The van der Waals surface area contributed by atoms with Crippen molar-refractivity contribution >= 4 is 33.9 Å². The van der Waals surface area contributed by atoms with Crippen LogP contribution in [-0.2, 0) is 18.4 Å². The number of fused-ring (bicyclic) bond motifs is 4. The summed E-state index contributed by atoms with van der Waals surface area (Å²) in [6.07, 6.45) is 6.40. The summed E-state index contributed by atoms with van der Waals surface area (Å²) in [5.41, 5.74) is 11.1. The molecule has 230 valence electrons. The summed E-state index contributed by atoms with van der Waals surface area (Å²) in [4.78, 5) is 38.6. The highest BCUT2D eigenvalue weighted by Crippen LogP contribution is 2.50. The predicted octanol–water partition coefficient (Wildman–Crippen LogP) is 4.41. The lowest BCUT2D eigenvalue weighted by atomic mass is 10.0. The van der Waals surface area contributed by atoms with E-state index in [1.54, 1.807) is 7.11 Å². The number of ether oxygens (including phenoxy) is 1. The normalized spacial score (nSPS) is 28.4. The average molecular weight is 596 g/mol. The lowest BCUT2D eigenvalue weighted by molar-refractivity contribution is -0.123. The van der Waals surface area contributed by atoms with Crippen LogP contribution in [0.2, 0.25) is 0 Å². The van der Waals surface area contributed by atoms with E-state index in [4.69, 9.17) is 20.4 Å². The van der Waals surface area contributed by atoms with E-state index in [1.807, 2.05) is 37.1 Å². The molecule has 2 aliphatic carbocycles. The minimum atomic E-state index is -0.165. The summed E-state index contributed by atoms with van der Waals surface area (Å²) in [6.45, 7) is 4.18. The minimum absolute atomic E-state index is 0.00889. The van der Waals surface area contributed by atoms with Gasteiger partial charge < -0.3 is 29.8 Å². The van der Waals surface area contributed by atoms with Gasteiger partial charge in [0.05, 0.1) is 30.1 Å². The van der Waals surface area contributed by atoms with Gasteiger partial charge in [-0.2, -0.15) is 0 Å². The van der Waals surface area contributed by atoms with Crippen LogP contribution >= 0.6 is 0 Å². The second kappa shape index (κ2) is 10.3. The van der Waals surface area contributed by atoms with Gasteiger partial charge in [0.2, 0.25) is 5.91 Å². The number of aryl methyl sites for hydroxylation is 1. The Morgan fingerprint density at radius 3 is 2.70 bits per heavy atom. The fourth-order valence-electron chi connectivity index (χ4n) is 7.78. The topological polar surface area (TPSA) is 120 Å². The first-order valence-electron chi connectivity index (χ1n) is 16.2. The number of amides is 2. The summed E-state index contributed by atoms with van der Waals surface area (Å²) in [5, 5.41) is 4.27. The van der Waals surface area contributed by atoms with Crippen LogP contribution in [0.25, 0.3) is 33.6 Å². The molecule has 2 bridgehead atoms. The number of pyridine rings is 1. The van der Waals surface area contributed by atoms with Gasteiger partial charge in [0.1, 0.15) is 16.9 Å². The number of nitrogens with zero attached hydrogens (tertiary/aromatic N) is 5. The van der Waals surface area contributed by atoms with Crippen molar-refractivity contribution in [2.45, 2.75) is 64.1 Å². The third-order valence-electron chi connectivity index (χ3n) is 10.6. The van der Waals surface area contributed by atoms with E-state index < -0.39 is 0 Å². The summed E-state index contributed by atoms with van der Waals surface area (Å²) in [7, 11) is 3.65. The number of hydrogen-bond donors (Lipinski definition) is 2. The molecule has 3 N–H and O–H groups in total. The fourth-order valence-corrected chi connectivity index (χ4v) is 7.78. The highest BCUT2D eigenvalue weighted by atomic mass is 16.5. The van der Waals surface area contributed by atoms with Crippen molar-refractivity contribution in [2.24, 2.45) is 36.5 Å². The van der Waals surface area contributed by atoms with E-state index in [2.05, 4.69) is 26.6 Å². The molecule has 4 aliphatic rings. The second-order valence-electron chi connectivity index (χ2n) is 13.6. The molecule has 0 radical (unpaired) electrons. The molecule has 2 saturated carbocycles. The molecule has 4 aromatic rings. The van der Waals surface area contributed by atoms with Crippen LogP contribution in [0, 0.1) is 23.7 Å². The Kier molecular flexibility index (Phi) is 6.48. The Bertz CT molecular complexity index is 1810. The van der Waals surface area contributed by atoms with E-state index in [-0.39, 0.29) is 29.8 Å². The van der Waals surface area contributed by atoms with Crippen LogP contribution in [0.3, 0.4) is 0 Å². The lowest BCUT2D eigenvalue weighted by Gasteiger charge is -2.30. The standard InChI is InChI=1S/C34H41N7O3/c1-18-26-9-8-21-14-28(41(31(21)37-26)16-23-11-19(23)6-7-20-12-25(20)33(42)36-18)32-38-27-13-22(15-29(44-3)30(27)39(32)2)34(43)40-10-4-5-24(35)17-40/h8-9,13-15,18-20,23-25H,4-7,10-12,16-17,35H2,1-3H3,(H,36,42)/t18-,19-,20-,23+,24-,25-/m1/s1. The summed E-state index contributed by atoms with van der Waals surface area (Å²) < 4.78 is 10.2. The maximum atomic E-state index is 13.5. The number of carbonyl (C=O) groups is 2. The Hall–Kier alpha value is -3.92. The number of nitrogens with two attached hydrogens (primary N) is 1. The van der Waals surface area contributed by atoms with Crippen LogP contribution in [0.5, 0.6) is 5.75 Å². The molecule has 3 fully saturated rings. The maximum absolute atomic E-state index is 13.5. The Morgan fingerprint density at radius 1 is 1.05 bits per heavy atom. The number of piperidine rings is 1. The number of hydrogen-bond acceptors (Lipinski definition) is 6. The molecule has 44 heavy (non-hydrogen) atoms. The van der Waals surface area contributed by atoms with Gasteiger partial charge in [-0.1, -0.05) is 0 Å². The predicted molar refractivity (Wildman–Crippen MR) is 168 cm³/mol. The summed E-state index contributed by atoms with van der Waals surface area (Å²) in [5.74, 6) is 3.53. The number of benzene rings is 1. The first kappa shape index (κ1) is 27.6. The van der Waals surface area contributed by atoms with Gasteiger partial charge in [0, 0.05) is 49.6 Å². The van der Waals surface area contributed by atoms with Crippen LogP contribution in [0.1, 0.15) is 67.5 Å². The zero-order valence-electron chi connectivity index (χ0n) is 25.8. The van der Waals surface area contributed by atoms with Crippen LogP contribution in [0.15, 0.2) is 30.3 Å². The number of nitrogens with one attached hydrogen (secondary N) is 1. The van der Waals surface area contributed by atoms with E-state index >= 15 is 0 Å². The van der Waals surface area contributed by atoms with Gasteiger partial charge in [0.15, 0.2) is 5.82 Å². The number of likely N-dealkylation sites (tertiary alicyclic amines) is 1. The number of methoxy groups -OCH3 is 1. The lowest BCUT2D eigenvalue weighted by Crippen LogP contribution is -2.45. The van der Waals surface area contributed by atoms with Gasteiger partial charge in [-0.25, -0.2) is 9.97 Å². The van der Waals surface area contributed by atoms with Crippen molar-refractivity contribution in [2.75, 3.05) is 20.2 Å². The first-order valence-corrected chi connectivity index (χ1v) is 16.2. The first-order chi connectivity index (χ1) is 21.3. The van der Waals surface area contributed by atoms with E-state index in [0.717, 1.165) is 71.5 Å². The van der Waals surface area contributed by atoms with Crippen molar-refractivity contribution in [3.63, 3.8) is 0 Å². The van der Waals surface area contributed by atoms with Gasteiger partial charge in [-0.05, 0) is 93.5 Å². The molecule has 10 heteroatoms. The van der Waals surface area contributed by atoms with Crippen molar-refractivity contribution in [1.82, 2.24) is 29.3 Å². The molecule has 3 aromatic heterocycles. The second-order valence-corrected chi connectivity index (χ2v) is 13.6. The van der Waals surface area contributed by atoms with Gasteiger partial charge in [-0.3, -0.25) is 9.59 Å². The molecule has 8 rings (SSSR count). The number of aromatic nitrogens is 4. The number of rotatable bonds is 3. The fraction of sp³-hybridized carbons (Fsp3) is 0.529. The largest absolute Gasteiger partial charge is 0.494 e. The van der Waals surface area contributed by atoms with Crippen LogP contribution in [0.4, 0.5) is 0 Å². The smallest absolute Gasteiger partial charge is 0.254 e. The average Bonchev–Trinajstić information content (AvgIpc) is 3.90. The van der Waals surface area contributed by atoms with Gasteiger partial charge >= 0.3 is 0 Å². The SMILES string of the molecule is COc1cc(C(=O)N2CCC[C@@H](N)C2)cc2nc(-c3cc4ccc5nc4n3C[C@@H]3C[C@H]3CC[C@@H]3C[C@H]3C(=O)N[C@@H]5C)n(C)c12. The molecule has 2 aliphatic heterocycles. The van der Waals surface area contributed by atoms with E-state index in [1.165, 1.54) is 12.8 Å². The number of imidazole rings is 1. The zero-order valence-corrected chi connectivity index (χ0v) is 25.8. The molecular weight excluding hydrogens is 554 g/mol. The molecule has 6 atom stereocenters. The van der Waals surface area contributed by atoms with Crippen molar-refractivity contribution in [3.05, 3.63) is 41.6 Å². The van der Waals surface area contributed by atoms with Gasteiger partial charge in [0.25, 0.3) is 5.91 Å².